The van der Waals surface area contributed by atoms with E-state index in [1.54, 1.807) is 12.1 Å². The standard InChI is InChI=1S/C19H23BrClN3O2/c1-12-13(2)26-18(23-12)11-24-7-5-14(6-8-24)10-22-19(25)16-9-15(20)3-4-17(16)21/h3-4,9,14H,5-8,10-11H2,1-2H3,(H,22,25). The summed E-state index contributed by atoms with van der Waals surface area (Å²) >= 11 is 9.49. The second-order valence-corrected chi connectivity index (χ2v) is 8.13. The fraction of sp³-hybridized carbons (Fsp3) is 0.474. The van der Waals surface area contributed by atoms with Gasteiger partial charge in [0.2, 0.25) is 5.89 Å². The normalized spacial score (nSPS) is 16.0. The third-order valence-electron chi connectivity index (χ3n) is 4.86. The van der Waals surface area contributed by atoms with E-state index in [2.05, 4.69) is 31.1 Å². The molecule has 0 spiro atoms. The molecule has 0 unspecified atom stereocenters. The minimum absolute atomic E-state index is 0.121. The highest BCUT2D eigenvalue weighted by Gasteiger charge is 2.22. The Morgan fingerprint density at radius 1 is 1.38 bits per heavy atom. The van der Waals surface area contributed by atoms with Gasteiger partial charge in [0.25, 0.3) is 5.91 Å². The molecule has 0 saturated carbocycles. The number of piperidine rings is 1. The SMILES string of the molecule is Cc1nc(CN2CCC(CNC(=O)c3cc(Br)ccc3Cl)CC2)oc1C. The van der Waals surface area contributed by atoms with Gasteiger partial charge in [-0.15, -0.1) is 0 Å². The molecular formula is C19H23BrClN3O2. The molecule has 7 heteroatoms. The molecule has 0 aliphatic carbocycles. The molecule has 0 radical (unpaired) electrons. The van der Waals surface area contributed by atoms with Crippen LogP contribution in [0.4, 0.5) is 0 Å². The number of nitrogens with one attached hydrogen (secondary N) is 1. The van der Waals surface area contributed by atoms with Crippen molar-refractivity contribution in [3.63, 3.8) is 0 Å². The Labute approximate surface area is 167 Å². The number of benzene rings is 1. The molecule has 3 rings (SSSR count). The first-order valence-corrected chi connectivity index (χ1v) is 9.98. The predicted molar refractivity (Wildman–Crippen MR) is 105 cm³/mol. The van der Waals surface area contributed by atoms with E-state index in [1.165, 1.54) is 0 Å². The van der Waals surface area contributed by atoms with E-state index in [9.17, 15) is 4.79 Å². The van der Waals surface area contributed by atoms with Gasteiger partial charge in [-0.3, -0.25) is 9.69 Å². The van der Waals surface area contributed by atoms with E-state index in [0.29, 0.717) is 23.0 Å². The monoisotopic (exact) mass is 439 g/mol. The summed E-state index contributed by atoms with van der Waals surface area (Å²) in [4.78, 5) is 19.2. The topological polar surface area (TPSA) is 58.4 Å². The molecule has 140 valence electrons. The highest BCUT2D eigenvalue weighted by Crippen LogP contribution is 2.22. The quantitative estimate of drug-likeness (QED) is 0.751. The first-order chi connectivity index (χ1) is 12.4. The second kappa shape index (κ2) is 8.55. The number of aromatic nitrogens is 1. The fourth-order valence-electron chi connectivity index (χ4n) is 3.15. The summed E-state index contributed by atoms with van der Waals surface area (Å²) in [5.41, 5.74) is 1.47. The van der Waals surface area contributed by atoms with Crippen LogP contribution in [0, 0.1) is 19.8 Å². The number of hydrogen-bond acceptors (Lipinski definition) is 4. The van der Waals surface area contributed by atoms with Crippen LogP contribution in [0.2, 0.25) is 5.02 Å². The van der Waals surface area contributed by atoms with Crippen LogP contribution in [0.25, 0.3) is 0 Å². The van der Waals surface area contributed by atoms with Gasteiger partial charge in [0.15, 0.2) is 0 Å². The van der Waals surface area contributed by atoms with E-state index in [-0.39, 0.29) is 5.91 Å². The van der Waals surface area contributed by atoms with Crippen molar-refractivity contribution in [2.24, 2.45) is 5.92 Å². The van der Waals surface area contributed by atoms with Crippen molar-refractivity contribution in [3.8, 4) is 0 Å². The van der Waals surface area contributed by atoms with E-state index >= 15 is 0 Å². The number of halogens is 2. The van der Waals surface area contributed by atoms with Crippen LogP contribution in [0.15, 0.2) is 27.1 Å². The molecule has 1 N–H and O–H groups in total. The smallest absolute Gasteiger partial charge is 0.252 e. The molecule has 1 aliphatic heterocycles. The van der Waals surface area contributed by atoms with Gasteiger partial charge in [0.1, 0.15) is 5.76 Å². The summed E-state index contributed by atoms with van der Waals surface area (Å²) in [6, 6.07) is 5.30. The van der Waals surface area contributed by atoms with Crippen LogP contribution in [-0.4, -0.2) is 35.4 Å². The lowest BCUT2D eigenvalue weighted by Crippen LogP contribution is -2.38. The molecule has 2 aromatic rings. The van der Waals surface area contributed by atoms with Gasteiger partial charge in [-0.25, -0.2) is 4.98 Å². The van der Waals surface area contributed by atoms with E-state index in [0.717, 1.165) is 54.3 Å². The Hall–Kier alpha value is -1.37. The molecule has 1 aromatic carbocycles. The zero-order chi connectivity index (χ0) is 18.7. The Morgan fingerprint density at radius 3 is 2.77 bits per heavy atom. The highest BCUT2D eigenvalue weighted by atomic mass is 79.9. The van der Waals surface area contributed by atoms with Crippen molar-refractivity contribution >= 4 is 33.4 Å². The number of hydrogen-bond donors (Lipinski definition) is 1. The zero-order valence-electron chi connectivity index (χ0n) is 15.0. The van der Waals surface area contributed by atoms with E-state index in [1.807, 2.05) is 19.9 Å². The average Bonchev–Trinajstić information content (AvgIpc) is 2.93. The summed E-state index contributed by atoms with van der Waals surface area (Å²) in [6.45, 7) is 7.30. The first-order valence-electron chi connectivity index (χ1n) is 8.81. The number of amides is 1. The van der Waals surface area contributed by atoms with Gasteiger partial charge in [0, 0.05) is 11.0 Å². The fourth-order valence-corrected chi connectivity index (χ4v) is 3.71. The van der Waals surface area contributed by atoms with Gasteiger partial charge in [0.05, 0.1) is 22.8 Å². The summed E-state index contributed by atoms with van der Waals surface area (Å²) < 4.78 is 6.51. The Balaban J connectivity index is 1.45. The van der Waals surface area contributed by atoms with Gasteiger partial charge >= 0.3 is 0 Å². The number of rotatable bonds is 5. The Bertz CT molecular complexity index is 766. The molecule has 1 saturated heterocycles. The number of carbonyl (C=O) groups is 1. The molecular weight excluding hydrogens is 418 g/mol. The third-order valence-corrected chi connectivity index (χ3v) is 5.69. The Morgan fingerprint density at radius 2 is 2.12 bits per heavy atom. The number of oxazole rings is 1. The molecule has 1 fully saturated rings. The van der Waals surface area contributed by atoms with Crippen LogP contribution in [0.1, 0.15) is 40.5 Å². The third kappa shape index (κ3) is 4.87. The van der Waals surface area contributed by atoms with Crippen LogP contribution in [0.3, 0.4) is 0 Å². The maximum Gasteiger partial charge on any atom is 0.252 e. The van der Waals surface area contributed by atoms with Crippen molar-refractivity contribution in [3.05, 3.63) is 50.6 Å². The van der Waals surface area contributed by atoms with Crippen LogP contribution >= 0.6 is 27.5 Å². The van der Waals surface area contributed by atoms with Gasteiger partial charge in [-0.05, 0) is 63.9 Å². The summed E-state index contributed by atoms with van der Waals surface area (Å²) in [7, 11) is 0. The van der Waals surface area contributed by atoms with E-state index in [4.69, 9.17) is 16.0 Å². The van der Waals surface area contributed by atoms with Crippen molar-refractivity contribution in [1.82, 2.24) is 15.2 Å². The van der Waals surface area contributed by atoms with Crippen molar-refractivity contribution in [1.29, 1.82) is 0 Å². The molecule has 1 amide bonds. The Kier molecular flexibility index (Phi) is 6.37. The lowest BCUT2D eigenvalue weighted by atomic mass is 9.96. The summed E-state index contributed by atoms with van der Waals surface area (Å²) in [5, 5.41) is 3.49. The lowest BCUT2D eigenvalue weighted by Gasteiger charge is -2.31. The molecule has 5 nitrogen and oxygen atoms in total. The molecule has 2 heterocycles. The minimum atomic E-state index is -0.121. The number of nitrogens with zero attached hydrogens (tertiary/aromatic N) is 2. The average molecular weight is 441 g/mol. The van der Waals surface area contributed by atoms with E-state index < -0.39 is 0 Å². The zero-order valence-corrected chi connectivity index (χ0v) is 17.4. The van der Waals surface area contributed by atoms with Gasteiger partial charge in [-0.1, -0.05) is 27.5 Å². The maximum atomic E-state index is 12.4. The number of aryl methyl sites for hydroxylation is 2. The molecule has 26 heavy (non-hydrogen) atoms. The molecule has 1 aromatic heterocycles. The number of carbonyl (C=O) groups excluding carboxylic acids is 1. The first kappa shape index (κ1) is 19.4. The van der Waals surface area contributed by atoms with Crippen LogP contribution in [-0.2, 0) is 6.54 Å². The highest BCUT2D eigenvalue weighted by molar-refractivity contribution is 9.10. The van der Waals surface area contributed by atoms with Crippen molar-refractivity contribution in [2.45, 2.75) is 33.2 Å². The van der Waals surface area contributed by atoms with Crippen LogP contribution in [0.5, 0.6) is 0 Å². The largest absolute Gasteiger partial charge is 0.444 e. The van der Waals surface area contributed by atoms with Crippen LogP contribution < -0.4 is 5.32 Å². The maximum absolute atomic E-state index is 12.4. The molecule has 1 aliphatic rings. The minimum Gasteiger partial charge on any atom is -0.444 e. The van der Waals surface area contributed by atoms with Gasteiger partial charge < -0.3 is 9.73 Å². The molecule has 0 bridgehead atoms. The van der Waals surface area contributed by atoms with Crippen molar-refractivity contribution in [2.75, 3.05) is 19.6 Å². The lowest BCUT2D eigenvalue weighted by molar-refractivity contribution is 0.0934. The summed E-state index contributed by atoms with van der Waals surface area (Å²) in [5.74, 6) is 2.04. The predicted octanol–water partition coefficient (Wildman–Crippen LogP) is 4.35. The molecule has 0 atom stereocenters. The summed E-state index contributed by atoms with van der Waals surface area (Å²) in [6.07, 6.45) is 2.09. The van der Waals surface area contributed by atoms with Gasteiger partial charge in [-0.2, -0.15) is 0 Å². The second-order valence-electron chi connectivity index (χ2n) is 6.80. The number of likely N-dealkylation sites (tertiary alicyclic amines) is 1. The van der Waals surface area contributed by atoms with Crippen molar-refractivity contribution < 1.29 is 9.21 Å².